The number of anilines is 1. The van der Waals surface area contributed by atoms with Gasteiger partial charge >= 0.3 is 0 Å². The minimum atomic E-state index is 0.0736. The van der Waals surface area contributed by atoms with Crippen molar-refractivity contribution in [3.63, 3.8) is 0 Å². The van der Waals surface area contributed by atoms with Crippen LogP contribution >= 0.6 is 0 Å². The second-order valence-electron chi connectivity index (χ2n) is 5.13. The first kappa shape index (κ1) is 13.0. The lowest BCUT2D eigenvalue weighted by atomic mass is 10.0. The van der Waals surface area contributed by atoms with E-state index in [9.17, 15) is 0 Å². The van der Waals surface area contributed by atoms with Crippen LogP contribution in [0, 0.1) is 13.8 Å². The van der Waals surface area contributed by atoms with Gasteiger partial charge in [-0.25, -0.2) is 9.97 Å². The van der Waals surface area contributed by atoms with E-state index in [1.54, 1.807) is 13.3 Å². The van der Waals surface area contributed by atoms with Crippen LogP contribution in [0.4, 0.5) is 5.95 Å². The number of aromatic amines is 1. The van der Waals surface area contributed by atoms with Crippen molar-refractivity contribution in [1.82, 2.24) is 25.4 Å². The number of hydrogen-bond donors (Lipinski definition) is 1. The van der Waals surface area contributed by atoms with Crippen LogP contribution < -0.4 is 4.90 Å². The van der Waals surface area contributed by atoms with E-state index in [1.165, 1.54) is 0 Å². The van der Waals surface area contributed by atoms with E-state index in [0.717, 1.165) is 36.1 Å². The van der Waals surface area contributed by atoms with Gasteiger partial charge in [-0.2, -0.15) is 15.4 Å². The van der Waals surface area contributed by atoms with Crippen molar-refractivity contribution in [2.45, 2.75) is 25.9 Å². The van der Waals surface area contributed by atoms with Gasteiger partial charge in [-0.15, -0.1) is 0 Å². The standard InChI is InChI=1S/C13H18N6O/c1-8-4-9(2)16-13(15-8)19-6-10(12(7-19)20-3)11-5-14-18-17-11/h4-5,10,12H,6-7H2,1-3H3,(H,14,17,18)/t10-,12+/m0/s1. The molecule has 0 aromatic carbocycles. The summed E-state index contributed by atoms with van der Waals surface area (Å²) in [5.74, 6) is 0.943. The maximum absolute atomic E-state index is 5.58. The Balaban J connectivity index is 1.86. The number of nitrogens with zero attached hydrogens (tertiary/aromatic N) is 5. The highest BCUT2D eigenvalue weighted by Crippen LogP contribution is 2.30. The van der Waals surface area contributed by atoms with Crippen LogP contribution in [0.2, 0.25) is 0 Å². The molecule has 1 saturated heterocycles. The van der Waals surface area contributed by atoms with Gasteiger partial charge in [0.15, 0.2) is 0 Å². The van der Waals surface area contributed by atoms with Crippen molar-refractivity contribution in [3.05, 3.63) is 29.3 Å². The molecule has 0 amide bonds. The van der Waals surface area contributed by atoms with E-state index in [0.29, 0.717) is 0 Å². The molecule has 1 fully saturated rings. The van der Waals surface area contributed by atoms with Crippen molar-refractivity contribution in [3.8, 4) is 0 Å². The highest BCUT2D eigenvalue weighted by molar-refractivity contribution is 5.37. The number of rotatable bonds is 3. The molecule has 20 heavy (non-hydrogen) atoms. The predicted molar refractivity (Wildman–Crippen MR) is 73.6 cm³/mol. The summed E-state index contributed by atoms with van der Waals surface area (Å²) in [6.45, 7) is 5.51. The number of ether oxygens (including phenoxy) is 1. The lowest BCUT2D eigenvalue weighted by Gasteiger charge is -2.16. The van der Waals surface area contributed by atoms with Crippen LogP contribution in [-0.4, -0.2) is 51.7 Å². The topological polar surface area (TPSA) is 79.8 Å². The molecule has 1 N–H and O–H groups in total. The predicted octanol–water partition coefficient (Wildman–Crippen LogP) is 0.830. The van der Waals surface area contributed by atoms with Gasteiger partial charge < -0.3 is 9.64 Å². The third kappa shape index (κ3) is 2.36. The molecule has 106 valence electrons. The minimum absolute atomic E-state index is 0.0736. The molecule has 0 spiro atoms. The molecular formula is C13H18N6O. The largest absolute Gasteiger partial charge is 0.379 e. The second-order valence-corrected chi connectivity index (χ2v) is 5.13. The van der Waals surface area contributed by atoms with Gasteiger partial charge in [-0.1, -0.05) is 0 Å². The van der Waals surface area contributed by atoms with E-state index in [1.807, 2.05) is 19.9 Å². The van der Waals surface area contributed by atoms with Gasteiger partial charge in [0.05, 0.1) is 23.9 Å². The van der Waals surface area contributed by atoms with Crippen molar-refractivity contribution >= 4 is 5.95 Å². The van der Waals surface area contributed by atoms with Crippen molar-refractivity contribution in [1.29, 1.82) is 0 Å². The summed E-state index contributed by atoms with van der Waals surface area (Å²) < 4.78 is 5.58. The second kappa shape index (κ2) is 5.16. The van der Waals surface area contributed by atoms with Crippen LogP contribution in [0.3, 0.4) is 0 Å². The molecule has 7 nitrogen and oxygen atoms in total. The fourth-order valence-corrected chi connectivity index (χ4v) is 2.70. The number of H-pyrrole nitrogens is 1. The molecular weight excluding hydrogens is 256 g/mol. The third-order valence-electron chi connectivity index (χ3n) is 3.64. The fraction of sp³-hybridized carbons (Fsp3) is 0.538. The summed E-state index contributed by atoms with van der Waals surface area (Å²) in [5.41, 5.74) is 2.88. The van der Waals surface area contributed by atoms with Crippen molar-refractivity contribution in [2.24, 2.45) is 0 Å². The molecule has 2 aromatic heterocycles. The molecule has 0 saturated carbocycles. The number of hydrogen-bond acceptors (Lipinski definition) is 6. The molecule has 2 aromatic rings. The van der Waals surface area contributed by atoms with Crippen LogP contribution in [0.15, 0.2) is 12.3 Å². The molecule has 0 aliphatic carbocycles. The third-order valence-corrected chi connectivity index (χ3v) is 3.64. The Hall–Kier alpha value is -2.02. The van der Waals surface area contributed by atoms with Crippen LogP contribution in [0.5, 0.6) is 0 Å². The van der Waals surface area contributed by atoms with E-state index < -0.39 is 0 Å². The van der Waals surface area contributed by atoms with Crippen LogP contribution in [0.1, 0.15) is 23.0 Å². The van der Waals surface area contributed by atoms with E-state index in [-0.39, 0.29) is 12.0 Å². The highest BCUT2D eigenvalue weighted by Gasteiger charge is 2.36. The van der Waals surface area contributed by atoms with Crippen molar-refractivity contribution < 1.29 is 4.74 Å². The van der Waals surface area contributed by atoms with Gasteiger partial charge in [0.1, 0.15) is 0 Å². The molecule has 0 bridgehead atoms. The first-order valence-corrected chi connectivity index (χ1v) is 6.63. The Labute approximate surface area is 117 Å². The zero-order chi connectivity index (χ0) is 14.1. The number of aromatic nitrogens is 5. The van der Waals surface area contributed by atoms with Crippen LogP contribution in [-0.2, 0) is 4.74 Å². The average molecular weight is 274 g/mol. The first-order valence-electron chi connectivity index (χ1n) is 6.63. The maximum Gasteiger partial charge on any atom is 0.225 e. The summed E-state index contributed by atoms with van der Waals surface area (Å²) >= 11 is 0. The Morgan fingerprint density at radius 3 is 2.60 bits per heavy atom. The van der Waals surface area contributed by atoms with Gasteiger partial charge in [0.2, 0.25) is 5.95 Å². The zero-order valence-corrected chi connectivity index (χ0v) is 11.9. The lowest BCUT2D eigenvalue weighted by molar-refractivity contribution is 0.105. The molecule has 2 atom stereocenters. The fourth-order valence-electron chi connectivity index (χ4n) is 2.70. The number of nitrogens with one attached hydrogen (secondary N) is 1. The number of methoxy groups -OCH3 is 1. The normalized spacial score (nSPS) is 22.4. The summed E-state index contributed by atoms with van der Waals surface area (Å²) in [4.78, 5) is 11.2. The Morgan fingerprint density at radius 1 is 1.25 bits per heavy atom. The minimum Gasteiger partial charge on any atom is -0.379 e. The van der Waals surface area contributed by atoms with E-state index in [4.69, 9.17) is 4.74 Å². The monoisotopic (exact) mass is 274 g/mol. The maximum atomic E-state index is 5.58. The lowest BCUT2D eigenvalue weighted by Crippen LogP contribution is -2.24. The SMILES string of the molecule is CO[C@@H]1CN(c2nc(C)cc(C)n2)C[C@H]1c1cn[nH]n1. The molecule has 1 aliphatic heterocycles. The van der Waals surface area contributed by atoms with E-state index in [2.05, 4.69) is 30.3 Å². The Bertz CT molecular complexity index is 564. The summed E-state index contributed by atoms with van der Waals surface area (Å²) in [6.07, 6.45) is 1.83. The quantitative estimate of drug-likeness (QED) is 0.893. The zero-order valence-electron chi connectivity index (χ0n) is 11.9. The summed E-state index contributed by atoms with van der Waals surface area (Å²) in [6, 6.07) is 1.97. The molecule has 3 heterocycles. The first-order chi connectivity index (χ1) is 9.67. The molecule has 1 aliphatic rings. The van der Waals surface area contributed by atoms with Gasteiger partial charge in [0.25, 0.3) is 0 Å². The highest BCUT2D eigenvalue weighted by atomic mass is 16.5. The van der Waals surface area contributed by atoms with Crippen molar-refractivity contribution in [2.75, 3.05) is 25.1 Å². The van der Waals surface area contributed by atoms with E-state index >= 15 is 0 Å². The summed E-state index contributed by atoms with van der Waals surface area (Å²) in [5, 5.41) is 10.7. The molecule has 7 heteroatoms. The molecule has 0 unspecified atom stereocenters. The Kier molecular flexibility index (Phi) is 3.35. The van der Waals surface area contributed by atoms with Gasteiger partial charge in [-0.05, 0) is 19.9 Å². The molecule has 0 radical (unpaired) electrons. The van der Waals surface area contributed by atoms with Gasteiger partial charge in [-0.3, -0.25) is 0 Å². The number of aryl methyl sites for hydroxylation is 2. The van der Waals surface area contributed by atoms with Crippen LogP contribution in [0.25, 0.3) is 0 Å². The summed E-state index contributed by atoms with van der Waals surface area (Å²) in [7, 11) is 1.73. The van der Waals surface area contributed by atoms with Gasteiger partial charge in [0, 0.05) is 31.6 Å². The smallest absolute Gasteiger partial charge is 0.225 e. The molecule has 3 rings (SSSR count). The Morgan fingerprint density at radius 2 is 2.00 bits per heavy atom. The average Bonchev–Trinajstić information content (AvgIpc) is 3.06.